The number of epoxide rings is 2. The minimum absolute atomic E-state index is 0.183. The molecule has 0 N–H and O–H groups in total. The second kappa shape index (κ2) is 6.98. The Bertz CT molecular complexity index is 455. The van der Waals surface area contributed by atoms with Crippen molar-refractivity contribution in [1.29, 1.82) is 0 Å². The van der Waals surface area contributed by atoms with E-state index in [4.69, 9.17) is 28.4 Å². The van der Waals surface area contributed by atoms with Crippen molar-refractivity contribution in [3.05, 3.63) is 18.2 Å². The van der Waals surface area contributed by atoms with Crippen LogP contribution >= 0.6 is 0 Å². The van der Waals surface area contributed by atoms with Gasteiger partial charge in [0.1, 0.15) is 31.2 Å². The van der Waals surface area contributed by atoms with E-state index >= 15 is 0 Å². The molecule has 116 valence electrons. The molecule has 2 aliphatic heterocycles. The van der Waals surface area contributed by atoms with Crippen molar-refractivity contribution in [3.8, 4) is 17.2 Å². The Kier molecular flexibility index (Phi) is 4.80. The molecule has 2 atom stereocenters. The Morgan fingerprint density at radius 3 is 2.38 bits per heavy atom. The Morgan fingerprint density at radius 1 is 1.00 bits per heavy atom. The van der Waals surface area contributed by atoms with Gasteiger partial charge in [-0.15, -0.1) is 0 Å². The number of hydrogen-bond donors (Lipinski definition) is 0. The summed E-state index contributed by atoms with van der Waals surface area (Å²) in [6.45, 7) is 5.32. The summed E-state index contributed by atoms with van der Waals surface area (Å²) in [5.74, 6) is 2.01. The van der Waals surface area contributed by atoms with E-state index in [-0.39, 0.29) is 19.0 Å². The molecule has 1 aromatic rings. The van der Waals surface area contributed by atoms with Gasteiger partial charge in [0.15, 0.2) is 18.3 Å². The van der Waals surface area contributed by atoms with Crippen LogP contribution in [0.5, 0.6) is 17.2 Å². The number of hydrogen-bond acceptors (Lipinski definition) is 6. The Morgan fingerprint density at radius 2 is 1.71 bits per heavy atom. The SMILES string of the molecule is CCOCOc1cc(OCC2CO2)ccc1OCC1CO1. The third-order valence-electron chi connectivity index (χ3n) is 3.08. The molecular weight excluding hydrogens is 276 g/mol. The third-order valence-corrected chi connectivity index (χ3v) is 3.08. The van der Waals surface area contributed by atoms with E-state index in [0.29, 0.717) is 31.3 Å². The minimum atomic E-state index is 0.183. The van der Waals surface area contributed by atoms with Crippen LogP contribution in [0.15, 0.2) is 18.2 Å². The van der Waals surface area contributed by atoms with E-state index in [0.717, 1.165) is 19.0 Å². The van der Waals surface area contributed by atoms with Crippen LogP contribution in [-0.4, -0.2) is 52.0 Å². The quantitative estimate of drug-likeness (QED) is 0.371. The molecule has 0 saturated carbocycles. The van der Waals surface area contributed by atoms with E-state index in [1.165, 1.54) is 0 Å². The van der Waals surface area contributed by atoms with Gasteiger partial charge in [-0.25, -0.2) is 0 Å². The average molecular weight is 296 g/mol. The molecule has 6 nitrogen and oxygen atoms in total. The van der Waals surface area contributed by atoms with Crippen molar-refractivity contribution in [2.45, 2.75) is 19.1 Å². The molecule has 2 fully saturated rings. The summed E-state index contributed by atoms with van der Waals surface area (Å²) in [5.41, 5.74) is 0. The van der Waals surface area contributed by atoms with Crippen LogP contribution in [0.1, 0.15) is 6.92 Å². The molecule has 2 aliphatic rings. The summed E-state index contributed by atoms with van der Waals surface area (Å²) in [4.78, 5) is 0. The molecule has 0 spiro atoms. The predicted octanol–water partition coefficient (Wildman–Crippen LogP) is 1.61. The van der Waals surface area contributed by atoms with E-state index in [2.05, 4.69) is 0 Å². The van der Waals surface area contributed by atoms with E-state index in [1.807, 2.05) is 25.1 Å². The van der Waals surface area contributed by atoms with Crippen LogP contribution in [0, 0.1) is 0 Å². The lowest BCUT2D eigenvalue weighted by Gasteiger charge is -2.14. The lowest BCUT2D eigenvalue weighted by molar-refractivity contribution is 0.0202. The first-order valence-corrected chi connectivity index (χ1v) is 7.18. The predicted molar refractivity (Wildman–Crippen MR) is 74.0 cm³/mol. The molecule has 0 bridgehead atoms. The fourth-order valence-electron chi connectivity index (χ4n) is 1.70. The molecule has 21 heavy (non-hydrogen) atoms. The molecule has 0 radical (unpaired) electrons. The van der Waals surface area contributed by atoms with Gasteiger partial charge >= 0.3 is 0 Å². The number of benzene rings is 1. The van der Waals surface area contributed by atoms with Crippen molar-refractivity contribution in [2.24, 2.45) is 0 Å². The van der Waals surface area contributed by atoms with Gasteiger partial charge in [-0.05, 0) is 19.1 Å². The van der Waals surface area contributed by atoms with Gasteiger partial charge in [-0.1, -0.05) is 0 Å². The highest BCUT2D eigenvalue weighted by atomic mass is 16.7. The maximum Gasteiger partial charge on any atom is 0.189 e. The third kappa shape index (κ3) is 4.77. The first-order chi connectivity index (χ1) is 10.3. The monoisotopic (exact) mass is 296 g/mol. The Labute approximate surface area is 123 Å². The van der Waals surface area contributed by atoms with Crippen LogP contribution in [0.2, 0.25) is 0 Å². The number of rotatable bonds is 10. The van der Waals surface area contributed by atoms with Gasteiger partial charge in [0, 0.05) is 12.7 Å². The van der Waals surface area contributed by atoms with Gasteiger partial charge in [-0.3, -0.25) is 0 Å². The first-order valence-electron chi connectivity index (χ1n) is 7.18. The summed E-state index contributed by atoms with van der Waals surface area (Å²) in [6.07, 6.45) is 0.424. The lowest BCUT2D eigenvalue weighted by Crippen LogP contribution is -2.08. The van der Waals surface area contributed by atoms with Gasteiger partial charge in [0.25, 0.3) is 0 Å². The summed E-state index contributed by atoms with van der Waals surface area (Å²) >= 11 is 0. The molecule has 2 heterocycles. The van der Waals surface area contributed by atoms with Crippen LogP contribution in [0.4, 0.5) is 0 Å². The van der Waals surface area contributed by atoms with Crippen LogP contribution in [-0.2, 0) is 14.2 Å². The smallest absolute Gasteiger partial charge is 0.189 e. The molecule has 2 saturated heterocycles. The van der Waals surface area contributed by atoms with Crippen LogP contribution in [0.3, 0.4) is 0 Å². The highest BCUT2D eigenvalue weighted by Gasteiger charge is 2.25. The summed E-state index contributed by atoms with van der Waals surface area (Å²) in [5, 5.41) is 0. The molecule has 0 amide bonds. The lowest BCUT2D eigenvalue weighted by atomic mass is 10.3. The average Bonchev–Trinajstić information content (AvgIpc) is 3.38. The zero-order valence-electron chi connectivity index (χ0n) is 12.1. The van der Waals surface area contributed by atoms with Gasteiger partial charge in [-0.2, -0.15) is 0 Å². The first kappa shape index (κ1) is 14.4. The standard InChI is InChI=1S/C15H20O6/c1-2-16-10-21-15-5-11(17-6-12-7-18-12)3-4-14(15)20-9-13-8-19-13/h3-5,12-13H,2,6-10H2,1H3. The van der Waals surface area contributed by atoms with Gasteiger partial charge in [0.2, 0.25) is 0 Å². The topological polar surface area (TPSA) is 62.0 Å². The molecule has 0 aromatic heterocycles. The van der Waals surface area contributed by atoms with Crippen molar-refractivity contribution in [2.75, 3.05) is 39.8 Å². The fraction of sp³-hybridized carbons (Fsp3) is 0.600. The van der Waals surface area contributed by atoms with Gasteiger partial charge < -0.3 is 28.4 Å². The Balaban J connectivity index is 1.60. The highest BCUT2D eigenvalue weighted by Crippen LogP contribution is 2.32. The molecule has 1 aromatic carbocycles. The molecule has 6 heteroatoms. The van der Waals surface area contributed by atoms with Crippen molar-refractivity contribution < 1.29 is 28.4 Å². The summed E-state index contributed by atoms with van der Waals surface area (Å²) in [6, 6.07) is 5.51. The van der Waals surface area contributed by atoms with Crippen LogP contribution < -0.4 is 14.2 Å². The van der Waals surface area contributed by atoms with E-state index < -0.39 is 0 Å². The minimum Gasteiger partial charge on any atom is -0.491 e. The zero-order chi connectivity index (χ0) is 14.5. The molecule has 2 unspecified atom stereocenters. The Hall–Kier alpha value is -1.50. The van der Waals surface area contributed by atoms with E-state index in [9.17, 15) is 0 Å². The normalized spacial score (nSPS) is 22.7. The van der Waals surface area contributed by atoms with Gasteiger partial charge in [0.05, 0.1) is 13.2 Å². The highest BCUT2D eigenvalue weighted by molar-refractivity contribution is 5.45. The van der Waals surface area contributed by atoms with Crippen molar-refractivity contribution in [1.82, 2.24) is 0 Å². The largest absolute Gasteiger partial charge is 0.491 e. The second-order valence-corrected chi connectivity index (χ2v) is 4.90. The second-order valence-electron chi connectivity index (χ2n) is 4.90. The molecule has 0 aliphatic carbocycles. The fourth-order valence-corrected chi connectivity index (χ4v) is 1.70. The van der Waals surface area contributed by atoms with Crippen LogP contribution in [0.25, 0.3) is 0 Å². The molecular formula is C15H20O6. The molecule has 3 rings (SSSR count). The van der Waals surface area contributed by atoms with E-state index in [1.54, 1.807) is 0 Å². The maximum atomic E-state index is 5.70. The zero-order valence-corrected chi connectivity index (χ0v) is 12.1. The summed E-state index contributed by atoms with van der Waals surface area (Å²) in [7, 11) is 0. The maximum absolute atomic E-state index is 5.70. The van der Waals surface area contributed by atoms with Crippen molar-refractivity contribution in [3.63, 3.8) is 0 Å². The summed E-state index contributed by atoms with van der Waals surface area (Å²) < 4.78 is 32.4. The number of ether oxygens (including phenoxy) is 6. The van der Waals surface area contributed by atoms with Crippen molar-refractivity contribution >= 4 is 0 Å².